The molecule has 0 fully saturated rings. The van der Waals surface area contributed by atoms with Crippen molar-refractivity contribution in [1.82, 2.24) is 14.5 Å². The topological polar surface area (TPSA) is 30.7 Å². The molecule has 3 rings (SSSR count). The SMILES string of the molecule is Cc1nc2cc([Si](C)(C)C)cnc2n1-c1ccsc1. The Morgan fingerprint density at radius 3 is 2.68 bits per heavy atom. The third kappa shape index (κ3) is 2.13. The van der Waals surface area contributed by atoms with Crippen LogP contribution >= 0.6 is 11.3 Å². The third-order valence-electron chi connectivity index (χ3n) is 3.30. The number of aryl methyl sites for hydroxylation is 1. The minimum atomic E-state index is -1.33. The summed E-state index contributed by atoms with van der Waals surface area (Å²) >= 11 is 1.69. The molecule has 3 aromatic heterocycles. The summed E-state index contributed by atoms with van der Waals surface area (Å²) in [5.41, 5.74) is 3.11. The zero-order valence-corrected chi connectivity index (χ0v) is 13.5. The monoisotopic (exact) mass is 287 g/mol. The minimum Gasteiger partial charge on any atom is -0.280 e. The molecule has 5 heteroatoms. The first-order valence-electron chi connectivity index (χ1n) is 6.35. The predicted molar refractivity (Wildman–Crippen MR) is 84.5 cm³/mol. The van der Waals surface area contributed by atoms with Crippen molar-refractivity contribution >= 4 is 35.8 Å². The van der Waals surface area contributed by atoms with Crippen LogP contribution in [0, 0.1) is 6.92 Å². The fourth-order valence-corrected chi connectivity index (χ4v) is 3.82. The molecule has 0 atom stereocenters. The van der Waals surface area contributed by atoms with Crippen molar-refractivity contribution in [3.05, 3.63) is 34.9 Å². The predicted octanol–water partition coefficient (Wildman–Crippen LogP) is 3.34. The molecule has 0 amide bonds. The Labute approximate surface area is 118 Å². The van der Waals surface area contributed by atoms with Crippen LogP contribution in [0.1, 0.15) is 5.82 Å². The van der Waals surface area contributed by atoms with Crippen LogP contribution in [-0.4, -0.2) is 22.6 Å². The Morgan fingerprint density at radius 2 is 2.05 bits per heavy atom. The van der Waals surface area contributed by atoms with Gasteiger partial charge in [0.25, 0.3) is 0 Å². The van der Waals surface area contributed by atoms with Gasteiger partial charge in [0.05, 0.1) is 13.8 Å². The normalized spacial score (nSPS) is 12.2. The van der Waals surface area contributed by atoms with Gasteiger partial charge in [-0.05, 0) is 29.6 Å². The Balaban J connectivity index is 2.24. The second-order valence-electron chi connectivity index (χ2n) is 5.79. The summed E-state index contributed by atoms with van der Waals surface area (Å²) in [5, 5.41) is 5.56. The average molecular weight is 287 g/mol. The maximum Gasteiger partial charge on any atom is 0.164 e. The number of pyridine rings is 1. The molecule has 3 aromatic rings. The summed E-state index contributed by atoms with van der Waals surface area (Å²) in [6.45, 7) is 9.03. The zero-order chi connectivity index (χ0) is 13.6. The second-order valence-corrected chi connectivity index (χ2v) is 11.7. The van der Waals surface area contributed by atoms with Crippen LogP contribution in [0.15, 0.2) is 29.1 Å². The van der Waals surface area contributed by atoms with Gasteiger partial charge in [-0.25, -0.2) is 9.97 Å². The molecule has 19 heavy (non-hydrogen) atoms. The number of fused-ring (bicyclic) bond motifs is 1. The molecule has 0 radical (unpaired) electrons. The number of hydrogen-bond acceptors (Lipinski definition) is 3. The summed E-state index contributed by atoms with van der Waals surface area (Å²) in [7, 11) is -1.33. The Bertz CT molecular complexity index is 723. The molecular weight excluding hydrogens is 270 g/mol. The van der Waals surface area contributed by atoms with Gasteiger partial charge < -0.3 is 0 Å². The zero-order valence-electron chi connectivity index (χ0n) is 11.6. The highest BCUT2D eigenvalue weighted by atomic mass is 32.1. The number of aromatic nitrogens is 3. The highest BCUT2D eigenvalue weighted by Gasteiger charge is 2.19. The van der Waals surface area contributed by atoms with Crippen LogP contribution in [0.2, 0.25) is 19.6 Å². The second kappa shape index (κ2) is 4.28. The van der Waals surface area contributed by atoms with E-state index in [2.05, 4.69) is 57.1 Å². The van der Waals surface area contributed by atoms with Crippen molar-refractivity contribution in [2.75, 3.05) is 0 Å². The maximum atomic E-state index is 4.67. The highest BCUT2D eigenvalue weighted by molar-refractivity contribution is 7.08. The van der Waals surface area contributed by atoms with Crippen LogP contribution < -0.4 is 5.19 Å². The van der Waals surface area contributed by atoms with E-state index in [-0.39, 0.29) is 0 Å². The smallest absolute Gasteiger partial charge is 0.164 e. The molecule has 0 aliphatic rings. The van der Waals surface area contributed by atoms with Crippen molar-refractivity contribution in [2.24, 2.45) is 0 Å². The van der Waals surface area contributed by atoms with E-state index < -0.39 is 8.07 Å². The van der Waals surface area contributed by atoms with E-state index in [0.717, 1.165) is 22.7 Å². The largest absolute Gasteiger partial charge is 0.280 e. The molecule has 3 heterocycles. The summed E-state index contributed by atoms with van der Waals surface area (Å²) in [5.74, 6) is 0.994. The van der Waals surface area contributed by atoms with Gasteiger partial charge in [-0.15, -0.1) is 0 Å². The Hall–Kier alpha value is -1.46. The molecule has 0 aromatic carbocycles. The molecule has 0 N–H and O–H groups in total. The summed E-state index contributed by atoms with van der Waals surface area (Å²) in [4.78, 5) is 9.33. The fourth-order valence-electron chi connectivity index (χ4n) is 2.18. The van der Waals surface area contributed by atoms with E-state index in [0.29, 0.717) is 0 Å². The van der Waals surface area contributed by atoms with Crippen molar-refractivity contribution < 1.29 is 0 Å². The lowest BCUT2D eigenvalue weighted by Crippen LogP contribution is -2.37. The molecule has 0 aliphatic heterocycles. The van der Waals surface area contributed by atoms with Crippen LogP contribution in [0.4, 0.5) is 0 Å². The maximum absolute atomic E-state index is 4.67. The molecule has 0 bridgehead atoms. The van der Waals surface area contributed by atoms with E-state index in [1.54, 1.807) is 11.3 Å². The van der Waals surface area contributed by atoms with E-state index in [1.807, 2.05) is 13.1 Å². The number of imidazole rings is 1. The summed E-state index contributed by atoms with van der Waals surface area (Å²) in [6, 6.07) is 4.32. The molecule has 98 valence electrons. The first-order chi connectivity index (χ1) is 8.97. The van der Waals surface area contributed by atoms with Gasteiger partial charge in [-0.2, -0.15) is 11.3 Å². The summed E-state index contributed by atoms with van der Waals surface area (Å²) < 4.78 is 2.12. The number of rotatable bonds is 2. The van der Waals surface area contributed by atoms with Gasteiger partial charge in [-0.3, -0.25) is 4.57 Å². The number of thiophene rings is 1. The van der Waals surface area contributed by atoms with Crippen LogP contribution in [0.5, 0.6) is 0 Å². The quantitative estimate of drug-likeness (QED) is 0.677. The van der Waals surface area contributed by atoms with Crippen molar-refractivity contribution in [1.29, 1.82) is 0 Å². The molecular formula is C14H17N3SSi. The van der Waals surface area contributed by atoms with Gasteiger partial charge in [0, 0.05) is 11.6 Å². The van der Waals surface area contributed by atoms with Crippen LogP contribution in [0.25, 0.3) is 16.9 Å². The first kappa shape index (κ1) is 12.6. The first-order valence-corrected chi connectivity index (χ1v) is 10.8. The van der Waals surface area contributed by atoms with E-state index in [1.165, 1.54) is 5.19 Å². The van der Waals surface area contributed by atoms with Crippen LogP contribution in [0.3, 0.4) is 0 Å². The van der Waals surface area contributed by atoms with Crippen LogP contribution in [-0.2, 0) is 0 Å². The third-order valence-corrected chi connectivity index (χ3v) is 5.97. The number of hydrogen-bond donors (Lipinski definition) is 0. The van der Waals surface area contributed by atoms with Gasteiger partial charge in [-0.1, -0.05) is 19.6 Å². The van der Waals surface area contributed by atoms with Gasteiger partial charge >= 0.3 is 0 Å². The molecule has 0 saturated carbocycles. The molecule has 0 spiro atoms. The summed E-state index contributed by atoms with van der Waals surface area (Å²) in [6.07, 6.45) is 2.03. The lowest BCUT2D eigenvalue weighted by Gasteiger charge is -2.15. The Kier molecular flexibility index (Phi) is 2.83. The standard InChI is InChI=1S/C14H17N3SSi/c1-10-16-13-7-12(19(2,3)4)8-15-14(13)17(10)11-5-6-18-9-11/h5-9H,1-4H3. The lowest BCUT2D eigenvalue weighted by molar-refractivity contribution is 0.993. The van der Waals surface area contributed by atoms with Crippen molar-refractivity contribution in [3.8, 4) is 5.69 Å². The molecule has 3 nitrogen and oxygen atoms in total. The highest BCUT2D eigenvalue weighted by Crippen LogP contribution is 2.21. The Morgan fingerprint density at radius 1 is 1.26 bits per heavy atom. The fraction of sp³-hybridized carbons (Fsp3) is 0.286. The van der Waals surface area contributed by atoms with E-state index in [9.17, 15) is 0 Å². The van der Waals surface area contributed by atoms with Crippen molar-refractivity contribution in [2.45, 2.75) is 26.6 Å². The van der Waals surface area contributed by atoms with E-state index in [4.69, 9.17) is 0 Å². The molecule has 0 unspecified atom stereocenters. The van der Waals surface area contributed by atoms with Gasteiger partial charge in [0.1, 0.15) is 11.3 Å². The average Bonchev–Trinajstić information content (AvgIpc) is 2.92. The minimum absolute atomic E-state index is 0.956. The van der Waals surface area contributed by atoms with Crippen molar-refractivity contribution in [3.63, 3.8) is 0 Å². The van der Waals surface area contributed by atoms with Gasteiger partial charge in [0.15, 0.2) is 5.65 Å². The molecule has 0 saturated heterocycles. The lowest BCUT2D eigenvalue weighted by atomic mass is 10.4. The molecule has 0 aliphatic carbocycles. The van der Waals surface area contributed by atoms with E-state index >= 15 is 0 Å². The van der Waals surface area contributed by atoms with Gasteiger partial charge in [0.2, 0.25) is 0 Å². The number of nitrogens with zero attached hydrogens (tertiary/aromatic N) is 3.